The van der Waals surface area contributed by atoms with Crippen molar-refractivity contribution >= 4 is 17.5 Å². The number of anilines is 1. The monoisotopic (exact) mass is 439 g/mol. The van der Waals surface area contributed by atoms with Gasteiger partial charge in [0.05, 0.1) is 5.92 Å². The fourth-order valence-corrected chi connectivity index (χ4v) is 6.23. The first-order chi connectivity index (χ1) is 15.7. The fraction of sp³-hybridized carbons (Fsp3) is 0.692. The average Bonchev–Trinajstić information content (AvgIpc) is 3.35. The third-order valence-corrected chi connectivity index (χ3v) is 8.11. The van der Waals surface area contributed by atoms with Crippen LogP contribution in [0, 0.1) is 11.8 Å². The van der Waals surface area contributed by atoms with Crippen molar-refractivity contribution < 1.29 is 14.3 Å². The van der Waals surface area contributed by atoms with E-state index in [1.807, 2.05) is 12.1 Å². The predicted octanol–water partition coefficient (Wildman–Crippen LogP) is 3.60. The number of likely N-dealkylation sites (tertiary alicyclic amines) is 1. The summed E-state index contributed by atoms with van der Waals surface area (Å²) in [6.45, 7) is 4.02. The molecule has 5 rings (SSSR count). The summed E-state index contributed by atoms with van der Waals surface area (Å²) in [6, 6.07) is 8.80. The van der Waals surface area contributed by atoms with Gasteiger partial charge in [-0.1, -0.05) is 12.8 Å². The zero-order chi connectivity index (χ0) is 21.9. The van der Waals surface area contributed by atoms with E-state index in [-0.39, 0.29) is 23.8 Å². The van der Waals surface area contributed by atoms with E-state index in [0.717, 1.165) is 69.8 Å². The van der Waals surface area contributed by atoms with Gasteiger partial charge in [0, 0.05) is 56.2 Å². The molecule has 2 amide bonds. The van der Waals surface area contributed by atoms with Gasteiger partial charge in [-0.25, -0.2) is 0 Å². The first-order valence-corrected chi connectivity index (χ1v) is 12.7. The number of nitrogens with one attached hydrogen (secondary N) is 1. The number of amides is 2. The summed E-state index contributed by atoms with van der Waals surface area (Å²) in [5.74, 6) is 1.12. The van der Waals surface area contributed by atoms with Gasteiger partial charge in [-0.3, -0.25) is 9.59 Å². The molecule has 6 heteroatoms. The van der Waals surface area contributed by atoms with Crippen molar-refractivity contribution in [3.05, 3.63) is 29.8 Å². The van der Waals surface area contributed by atoms with E-state index in [1.54, 1.807) is 0 Å². The van der Waals surface area contributed by atoms with E-state index in [2.05, 4.69) is 27.2 Å². The second-order valence-corrected chi connectivity index (χ2v) is 10.1. The largest absolute Gasteiger partial charge is 0.381 e. The summed E-state index contributed by atoms with van der Waals surface area (Å²) in [5.41, 5.74) is 1.91. The summed E-state index contributed by atoms with van der Waals surface area (Å²) in [6.07, 6.45) is 10.1. The Kier molecular flexibility index (Phi) is 6.67. The van der Waals surface area contributed by atoms with Crippen molar-refractivity contribution in [2.45, 2.75) is 69.9 Å². The molecule has 1 aromatic rings. The van der Waals surface area contributed by atoms with Gasteiger partial charge in [-0.15, -0.1) is 0 Å². The Morgan fingerprint density at radius 1 is 0.875 bits per heavy atom. The first-order valence-electron chi connectivity index (χ1n) is 12.7. The number of hydrogen-bond acceptors (Lipinski definition) is 4. The van der Waals surface area contributed by atoms with Crippen molar-refractivity contribution in [1.82, 2.24) is 10.2 Å². The molecule has 0 bridgehead atoms. The van der Waals surface area contributed by atoms with Gasteiger partial charge in [0.25, 0.3) is 5.91 Å². The fourth-order valence-electron chi connectivity index (χ4n) is 6.23. The van der Waals surface area contributed by atoms with Crippen molar-refractivity contribution in [1.29, 1.82) is 0 Å². The number of nitrogens with zero attached hydrogens (tertiary/aromatic N) is 2. The molecule has 3 heterocycles. The van der Waals surface area contributed by atoms with Crippen LogP contribution in [-0.2, 0) is 9.53 Å². The Bertz CT molecular complexity index is 803. The smallest absolute Gasteiger partial charge is 0.254 e. The van der Waals surface area contributed by atoms with E-state index in [0.29, 0.717) is 12.0 Å². The van der Waals surface area contributed by atoms with Crippen LogP contribution < -0.4 is 10.2 Å². The molecule has 3 aliphatic heterocycles. The van der Waals surface area contributed by atoms with Crippen LogP contribution >= 0.6 is 0 Å². The Labute approximate surface area is 191 Å². The molecule has 1 N–H and O–H groups in total. The number of carbonyl (C=O) groups excluding carboxylic acids is 2. The zero-order valence-corrected chi connectivity index (χ0v) is 19.1. The summed E-state index contributed by atoms with van der Waals surface area (Å²) in [5, 5.41) is 3.22. The zero-order valence-electron chi connectivity index (χ0n) is 19.1. The molecule has 0 radical (unpaired) electrons. The maximum absolute atomic E-state index is 13.3. The quantitative estimate of drug-likeness (QED) is 0.779. The molecule has 1 aliphatic carbocycles. The number of hydrogen-bond donors (Lipinski definition) is 1. The molecule has 4 fully saturated rings. The molecule has 0 aromatic heterocycles. The minimum Gasteiger partial charge on any atom is -0.381 e. The highest BCUT2D eigenvalue weighted by Crippen LogP contribution is 2.36. The maximum Gasteiger partial charge on any atom is 0.254 e. The number of piperidine rings is 1. The van der Waals surface area contributed by atoms with Gasteiger partial charge in [-0.2, -0.15) is 0 Å². The lowest BCUT2D eigenvalue weighted by molar-refractivity contribution is -0.125. The van der Waals surface area contributed by atoms with Crippen LogP contribution in [0.3, 0.4) is 0 Å². The van der Waals surface area contributed by atoms with Gasteiger partial charge < -0.3 is 19.9 Å². The van der Waals surface area contributed by atoms with Crippen LogP contribution in [0.15, 0.2) is 24.3 Å². The van der Waals surface area contributed by atoms with E-state index in [4.69, 9.17) is 4.74 Å². The molecule has 3 unspecified atom stereocenters. The number of benzene rings is 1. The third-order valence-electron chi connectivity index (χ3n) is 8.11. The van der Waals surface area contributed by atoms with Crippen molar-refractivity contribution in [3.8, 4) is 0 Å². The van der Waals surface area contributed by atoms with Gasteiger partial charge in [-0.05, 0) is 75.1 Å². The van der Waals surface area contributed by atoms with Crippen LogP contribution in [0.1, 0.15) is 68.1 Å². The molecule has 174 valence electrons. The highest BCUT2D eigenvalue weighted by atomic mass is 16.5. The van der Waals surface area contributed by atoms with Crippen molar-refractivity contribution in [2.75, 3.05) is 37.7 Å². The Morgan fingerprint density at radius 2 is 1.62 bits per heavy atom. The van der Waals surface area contributed by atoms with Gasteiger partial charge in [0.15, 0.2) is 0 Å². The minimum atomic E-state index is 0.0377. The van der Waals surface area contributed by atoms with Gasteiger partial charge >= 0.3 is 0 Å². The molecule has 4 aliphatic rings. The highest BCUT2D eigenvalue weighted by Gasteiger charge is 2.36. The van der Waals surface area contributed by atoms with Crippen LogP contribution in [0.25, 0.3) is 0 Å². The number of rotatable bonds is 4. The van der Waals surface area contributed by atoms with Gasteiger partial charge in [0.1, 0.15) is 0 Å². The summed E-state index contributed by atoms with van der Waals surface area (Å²) >= 11 is 0. The van der Waals surface area contributed by atoms with Crippen LogP contribution in [-0.4, -0.2) is 61.6 Å². The van der Waals surface area contributed by atoms with E-state index < -0.39 is 0 Å². The third kappa shape index (κ3) is 4.66. The van der Waals surface area contributed by atoms with E-state index in [1.165, 1.54) is 32.1 Å². The van der Waals surface area contributed by atoms with Gasteiger partial charge in [0.2, 0.25) is 5.91 Å². The maximum atomic E-state index is 13.3. The molecule has 0 spiro atoms. The molecule has 32 heavy (non-hydrogen) atoms. The van der Waals surface area contributed by atoms with Crippen molar-refractivity contribution in [2.24, 2.45) is 11.8 Å². The molecule has 3 saturated heterocycles. The normalized spacial score (nSPS) is 28.9. The number of ether oxygens (including phenoxy) is 1. The second-order valence-electron chi connectivity index (χ2n) is 10.1. The molecule has 6 nitrogen and oxygen atoms in total. The summed E-state index contributed by atoms with van der Waals surface area (Å²) in [7, 11) is 0. The second kappa shape index (κ2) is 9.82. The van der Waals surface area contributed by atoms with Crippen molar-refractivity contribution in [3.63, 3.8) is 0 Å². The number of carbonyl (C=O) groups is 2. The van der Waals surface area contributed by atoms with E-state index >= 15 is 0 Å². The molecule has 3 atom stereocenters. The van der Waals surface area contributed by atoms with Crippen LogP contribution in [0.4, 0.5) is 5.69 Å². The van der Waals surface area contributed by atoms with E-state index in [9.17, 15) is 9.59 Å². The lowest BCUT2D eigenvalue weighted by Crippen LogP contribution is -2.49. The lowest BCUT2D eigenvalue weighted by atomic mass is 9.78. The minimum absolute atomic E-state index is 0.0377. The number of fused-ring (bicyclic) bond motifs is 1. The standard InChI is InChI=1S/C26H37N3O3/c30-25(27-22-12-16-32-17-13-22)21-11-15-28(18-21)23-9-7-20(8-10-23)26(31)29-14-3-5-19-4-1-2-6-24(19)29/h7-10,19,21-22,24H,1-6,11-18H2,(H,27,30). The topological polar surface area (TPSA) is 61.9 Å². The average molecular weight is 440 g/mol. The molecular formula is C26H37N3O3. The Balaban J connectivity index is 1.17. The highest BCUT2D eigenvalue weighted by molar-refractivity contribution is 5.95. The molecule has 1 aromatic carbocycles. The molecular weight excluding hydrogens is 402 g/mol. The van der Waals surface area contributed by atoms with Crippen LogP contribution in [0.5, 0.6) is 0 Å². The summed E-state index contributed by atoms with van der Waals surface area (Å²) in [4.78, 5) is 30.4. The first kappa shape index (κ1) is 21.7. The lowest BCUT2D eigenvalue weighted by Gasteiger charge is -2.44. The van der Waals surface area contributed by atoms with Crippen LogP contribution in [0.2, 0.25) is 0 Å². The Morgan fingerprint density at radius 3 is 2.44 bits per heavy atom. The summed E-state index contributed by atoms with van der Waals surface area (Å²) < 4.78 is 5.39. The molecule has 1 saturated carbocycles. The predicted molar refractivity (Wildman–Crippen MR) is 125 cm³/mol. The SMILES string of the molecule is O=C(NC1CCOCC1)C1CCN(c2ccc(C(=O)N3CCCC4CCCCC43)cc2)C1. The Hall–Kier alpha value is -2.08.